The molecule has 1 N–H and O–H groups in total. The summed E-state index contributed by atoms with van der Waals surface area (Å²) < 4.78 is 0. The van der Waals surface area contributed by atoms with Crippen molar-refractivity contribution < 1.29 is 0 Å². The highest BCUT2D eigenvalue weighted by Crippen LogP contribution is 2.27. The Kier molecular flexibility index (Phi) is 4.25. The zero-order valence-electron chi connectivity index (χ0n) is 11.7. The van der Waals surface area contributed by atoms with Gasteiger partial charge in [-0.05, 0) is 26.7 Å². The summed E-state index contributed by atoms with van der Waals surface area (Å²) in [5.74, 6) is 1.48. The van der Waals surface area contributed by atoms with Gasteiger partial charge < -0.3 is 5.32 Å². The van der Waals surface area contributed by atoms with Gasteiger partial charge in [-0.15, -0.1) is 16.7 Å². The van der Waals surface area contributed by atoms with Gasteiger partial charge in [0.25, 0.3) is 0 Å². The van der Waals surface area contributed by atoms with E-state index < -0.39 is 0 Å². The molecule has 3 nitrogen and oxygen atoms in total. The summed E-state index contributed by atoms with van der Waals surface area (Å²) >= 11 is 5.90. The topological polar surface area (TPSA) is 37.8 Å². The molecule has 0 spiro atoms. The molecule has 1 atom stereocenters. The van der Waals surface area contributed by atoms with Crippen LogP contribution in [0, 0.1) is 6.92 Å². The number of anilines is 1. The lowest BCUT2D eigenvalue weighted by Gasteiger charge is -2.30. The first-order valence-corrected chi connectivity index (χ1v) is 7.19. The van der Waals surface area contributed by atoms with Crippen molar-refractivity contribution >= 4 is 28.2 Å². The summed E-state index contributed by atoms with van der Waals surface area (Å²) in [6.07, 6.45) is 1.89. The number of aromatic nitrogens is 2. The number of rotatable bonds is 5. The molecule has 1 aromatic heterocycles. The molecule has 102 valence electrons. The first kappa shape index (κ1) is 14.1. The fraction of sp³-hybridized carbons (Fsp3) is 0.467. The molecule has 0 radical (unpaired) electrons. The number of hydrogen-bond donors (Lipinski definition) is 1. The lowest BCUT2D eigenvalue weighted by Crippen LogP contribution is -2.35. The predicted octanol–water partition coefficient (Wildman–Crippen LogP) is 4.15. The van der Waals surface area contributed by atoms with Crippen LogP contribution in [0.3, 0.4) is 0 Å². The van der Waals surface area contributed by atoms with Crippen LogP contribution >= 0.6 is 11.6 Å². The maximum atomic E-state index is 5.90. The molecular formula is C15H20ClN3. The standard InChI is InChI=1S/C15H20ClN3/c1-4-15(3,9-10-16)17-14-13-8-6-5-7-12(13)11(2)18-19-14/h5-8H,4,9-10H2,1-3H3,(H,17,19). The lowest BCUT2D eigenvalue weighted by molar-refractivity contribution is 0.479. The van der Waals surface area contributed by atoms with Gasteiger partial charge in [-0.25, -0.2) is 0 Å². The molecule has 2 rings (SSSR count). The minimum Gasteiger partial charge on any atom is -0.363 e. The Morgan fingerprint density at radius 3 is 2.53 bits per heavy atom. The SMILES string of the molecule is CCC(C)(CCCl)Nc1nnc(C)c2ccccc12. The van der Waals surface area contributed by atoms with Gasteiger partial charge in [-0.2, -0.15) is 5.10 Å². The number of nitrogens with one attached hydrogen (secondary N) is 1. The summed E-state index contributed by atoms with van der Waals surface area (Å²) in [7, 11) is 0. The molecule has 4 heteroatoms. The predicted molar refractivity (Wildman–Crippen MR) is 81.9 cm³/mol. The first-order valence-electron chi connectivity index (χ1n) is 6.66. The largest absolute Gasteiger partial charge is 0.363 e. The van der Waals surface area contributed by atoms with E-state index in [1.165, 1.54) is 0 Å². The minimum atomic E-state index is -0.0472. The Morgan fingerprint density at radius 2 is 1.89 bits per heavy atom. The van der Waals surface area contributed by atoms with Crippen molar-refractivity contribution in [3.63, 3.8) is 0 Å². The second-order valence-electron chi connectivity index (χ2n) is 5.16. The van der Waals surface area contributed by atoms with Crippen LogP contribution in [-0.4, -0.2) is 21.6 Å². The highest BCUT2D eigenvalue weighted by Gasteiger charge is 2.22. The highest BCUT2D eigenvalue weighted by molar-refractivity contribution is 6.17. The van der Waals surface area contributed by atoms with E-state index in [0.717, 1.165) is 35.1 Å². The van der Waals surface area contributed by atoms with Crippen molar-refractivity contribution in [2.75, 3.05) is 11.2 Å². The van der Waals surface area contributed by atoms with Gasteiger partial charge in [0.2, 0.25) is 0 Å². The fourth-order valence-electron chi connectivity index (χ4n) is 2.15. The van der Waals surface area contributed by atoms with Crippen molar-refractivity contribution in [2.45, 2.75) is 39.2 Å². The van der Waals surface area contributed by atoms with Crippen LogP contribution in [0.2, 0.25) is 0 Å². The smallest absolute Gasteiger partial charge is 0.157 e. The monoisotopic (exact) mass is 277 g/mol. The molecule has 0 saturated heterocycles. The summed E-state index contributed by atoms with van der Waals surface area (Å²) in [6.45, 7) is 6.31. The zero-order chi connectivity index (χ0) is 13.9. The van der Waals surface area contributed by atoms with Gasteiger partial charge in [0, 0.05) is 22.2 Å². The van der Waals surface area contributed by atoms with Crippen LogP contribution in [0.5, 0.6) is 0 Å². The van der Waals surface area contributed by atoms with E-state index in [9.17, 15) is 0 Å². The Hall–Kier alpha value is -1.35. The van der Waals surface area contributed by atoms with Crippen LogP contribution in [0.15, 0.2) is 24.3 Å². The number of benzene rings is 1. The molecule has 0 fully saturated rings. The molecule has 0 aliphatic heterocycles. The maximum Gasteiger partial charge on any atom is 0.157 e. The third-order valence-electron chi connectivity index (χ3n) is 3.72. The van der Waals surface area contributed by atoms with Crippen LogP contribution in [0.1, 0.15) is 32.4 Å². The van der Waals surface area contributed by atoms with Crippen LogP contribution in [0.4, 0.5) is 5.82 Å². The van der Waals surface area contributed by atoms with E-state index in [4.69, 9.17) is 11.6 Å². The van der Waals surface area contributed by atoms with Gasteiger partial charge in [0.05, 0.1) is 5.69 Å². The van der Waals surface area contributed by atoms with Gasteiger partial charge in [-0.3, -0.25) is 0 Å². The lowest BCUT2D eigenvalue weighted by atomic mass is 9.95. The molecule has 2 aromatic rings. The summed E-state index contributed by atoms with van der Waals surface area (Å²) in [5, 5.41) is 14.3. The van der Waals surface area contributed by atoms with Crippen LogP contribution < -0.4 is 5.32 Å². The molecule has 1 aromatic carbocycles. The zero-order valence-corrected chi connectivity index (χ0v) is 12.5. The Labute approximate surface area is 119 Å². The maximum absolute atomic E-state index is 5.90. The van der Waals surface area contributed by atoms with Crippen LogP contribution in [-0.2, 0) is 0 Å². The van der Waals surface area contributed by atoms with E-state index in [-0.39, 0.29) is 5.54 Å². The third kappa shape index (κ3) is 2.98. The molecule has 0 saturated carbocycles. The number of alkyl halides is 1. The quantitative estimate of drug-likeness (QED) is 0.835. The van der Waals surface area contributed by atoms with Gasteiger partial charge in [0.1, 0.15) is 0 Å². The fourth-order valence-corrected chi connectivity index (χ4v) is 2.57. The van der Waals surface area contributed by atoms with E-state index in [1.54, 1.807) is 0 Å². The molecular weight excluding hydrogens is 258 g/mol. The van der Waals surface area contributed by atoms with E-state index in [0.29, 0.717) is 5.88 Å². The van der Waals surface area contributed by atoms with Crippen molar-refractivity contribution in [3.05, 3.63) is 30.0 Å². The summed E-state index contributed by atoms with van der Waals surface area (Å²) in [5.41, 5.74) is 0.908. The molecule has 1 heterocycles. The molecule has 0 aliphatic carbocycles. The molecule has 1 unspecified atom stereocenters. The molecule has 0 amide bonds. The Bertz CT molecular complexity index is 570. The Balaban J connectivity index is 2.43. The number of fused-ring (bicyclic) bond motifs is 1. The van der Waals surface area contributed by atoms with E-state index in [1.807, 2.05) is 19.1 Å². The minimum absolute atomic E-state index is 0.0472. The average molecular weight is 278 g/mol. The second-order valence-corrected chi connectivity index (χ2v) is 5.54. The number of aryl methyl sites for hydroxylation is 1. The average Bonchev–Trinajstić information content (AvgIpc) is 2.43. The molecule has 0 bridgehead atoms. The molecule has 19 heavy (non-hydrogen) atoms. The number of nitrogens with zero attached hydrogens (tertiary/aromatic N) is 2. The van der Waals surface area contributed by atoms with Crippen LogP contribution in [0.25, 0.3) is 10.8 Å². The normalized spacial score (nSPS) is 14.3. The van der Waals surface area contributed by atoms with Crippen molar-refractivity contribution in [1.82, 2.24) is 10.2 Å². The summed E-state index contributed by atoms with van der Waals surface area (Å²) in [6, 6.07) is 8.21. The molecule has 0 aliphatic rings. The van der Waals surface area contributed by atoms with Gasteiger partial charge >= 0.3 is 0 Å². The number of halogens is 1. The van der Waals surface area contributed by atoms with Gasteiger partial charge in [0.15, 0.2) is 5.82 Å². The van der Waals surface area contributed by atoms with Crippen molar-refractivity contribution in [3.8, 4) is 0 Å². The van der Waals surface area contributed by atoms with Crippen molar-refractivity contribution in [2.24, 2.45) is 0 Å². The third-order valence-corrected chi connectivity index (χ3v) is 3.91. The first-order chi connectivity index (χ1) is 9.09. The van der Waals surface area contributed by atoms with Gasteiger partial charge in [-0.1, -0.05) is 31.2 Å². The van der Waals surface area contributed by atoms with E-state index in [2.05, 4.69) is 41.5 Å². The Morgan fingerprint density at radius 1 is 1.21 bits per heavy atom. The number of hydrogen-bond acceptors (Lipinski definition) is 3. The highest BCUT2D eigenvalue weighted by atomic mass is 35.5. The summed E-state index contributed by atoms with van der Waals surface area (Å²) in [4.78, 5) is 0. The van der Waals surface area contributed by atoms with E-state index >= 15 is 0 Å². The van der Waals surface area contributed by atoms with Crippen molar-refractivity contribution in [1.29, 1.82) is 0 Å². The second kappa shape index (κ2) is 5.74.